The summed E-state index contributed by atoms with van der Waals surface area (Å²) in [7, 11) is 0. The third-order valence-electron chi connectivity index (χ3n) is 10.9. The van der Waals surface area contributed by atoms with Crippen molar-refractivity contribution in [3.05, 3.63) is 90.1 Å². The van der Waals surface area contributed by atoms with E-state index in [0.29, 0.717) is 24.1 Å². The van der Waals surface area contributed by atoms with Gasteiger partial charge >= 0.3 is 0 Å². The number of guanidine groups is 1. The fourth-order valence-corrected chi connectivity index (χ4v) is 7.22. The molecule has 22 nitrogen and oxygen atoms in total. The molecule has 2 aromatic carbocycles. The smallest absolute Gasteiger partial charge is 0.243 e. The van der Waals surface area contributed by atoms with Crippen LogP contribution in [0.1, 0.15) is 76.6 Å². The minimum Gasteiger partial charge on any atom is -0.370 e. The first-order valence-electron chi connectivity index (χ1n) is 22.5. The van der Waals surface area contributed by atoms with E-state index in [0.717, 1.165) is 22.9 Å². The van der Waals surface area contributed by atoms with Crippen molar-refractivity contribution in [1.29, 1.82) is 0 Å². The van der Waals surface area contributed by atoms with Gasteiger partial charge in [-0.3, -0.25) is 43.3 Å². The topological polar surface area (TPSA) is 356 Å². The van der Waals surface area contributed by atoms with Gasteiger partial charge in [-0.25, -0.2) is 4.98 Å². The van der Waals surface area contributed by atoms with Crippen molar-refractivity contribution >= 4 is 64.1 Å². The number of primary amides is 1. The molecule has 4 aromatic rings. The molecule has 7 atom stereocenters. The maximum absolute atomic E-state index is 14.3. The van der Waals surface area contributed by atoms with Crippen LogP contribution < -0.4 is 54.4 Å². The number of nitrogens with one attached hydrogen (secondary N) is 9. The van der Waals surface area contributed by atoms with Crippen LogP contribution in [-0.4, -0.2) is 117 Å². The van der Waals surface area contributed by atoms with E-state index in [1.807, 2.05) is 31.2 Å². The monoisotopic (exact) mass is 941 g/mol. The van der Waals surface area contributed by atoms with E-state index in [9.17, 15) is 38.4 Å². The Morgan fingerprint density at radius 2 is 1.16 bits per heavy atom. The molecule has 0 radical (unpaired) electrons. The fourth-order valence-electron chi connectivity index (χ4n) is 7.22. The van der Waals surface area contributed by atoms with Crippen molar-refractivity contribution in [2.45, 2.75) is 121 Å². The number of H-pyrrole nitrogens is 2. The van der Waals surface area contributed by atoms with E-state index in [4.69, 9.17) is 17.2 Å². The summed E-state index contributed by atoms with van der Waals surface area (Å²) in [6.45, 7) is 6.15. The Hall–Kier alpha value is -7.78. The average molecular weight is 941 g/mol. The van der Waals surface area contributed by atoms with Gasteiger partial charge in [0.2, 0.25) is 47.3 Å². The number of fused-ring (bicyclic) bond motifs is 1. The first-order valence-corrected chi connectivity index (χ1v) is 22.5. The number of rotatable bonds is 27. The molecule has 2 heterocycles. The zero-order valence-corrected chi connectivity index (χ0v) is 38.7. The number of benzene rings is 2. The zero-order chi connectivity index (χ0) is 49.8. The van der Waals surface area contributed by atoms with E-state index >= 15 is 0 Å². The summed E-state index contributed by atoms with van der Waals surface area (Å²) in [5, 5.41) is 19.4. The molecule has 0 aliphatic rings. The summed E-state index contributed by atoms with van der Waals surface area (Å²) in [5.41, 5.74) is 19.4. The molecule has 22 heteroatoms. The fraction of sp³-hybridized carbons (Fsp3) is 0.435. The van der Waals surface area contributed by atoms with Crippen LogP contribution in [0.15, 0.2) is 78.3 Å². The van der Waals surface area contributed by atoms with Crippen molar-refractivity contribution in [2.24, 2.45) is 22.2 Å². The highest BCUT2D eigenvalue weighted by Gasteiger charge is 2.33. The lowest BCUT2D eigenvalue weighted by Crippen LogP contribution is -2.60. The minimum atomic E-state index is -1.32. The van der Waals surface area contributed by atoms with Gasteiger partial charge in [-0.05, 0) is 50.3 Å². The highest BCUT2D eigenvalue weighted by Crippen LogP contribution is 2.19. The lowest BCUT2D eigenvalue weighted by Gasteiger charge is -2.27. The molecule has 8 amide bonds. The molecule has 68 heavy (non-hydrogen) atoms. The van der Waals surface area contributed by atoms with Crippen LogP contribution in [0.5, 0.6) is 0 Å². The van der Waals surface area contributed by atoms with E-state index in [-0.39, 0.29) is 44.6 Å². The normalized spacial score (nSPS) is 14.1. The largest absolute Gasteiger partial charge is 0.370 e. The number of carbonyl (C=O) groups excluding carboxylic acids is 8. The van der Waals surface area contributed by atoms with Crippen LogP contribution in [0.3, 0.4) is 0 Å². The molecule has 0 saturated carbocycles. The third-order valence-corrected chi connectivity index (χ3v) is 10.9. The van der Waals surface area contributed by atoms with E-state index in [1.54, 1.807) is 36.5 Å². The molecule has 0 bridgehead atoms. The zero-order valence-electron chi connectivity index (χ0n) is 38.7. The second-order valence-electron chi connectivity index (χ2n) is 16.5. The van der Waals surface area contributed by atoms with Crippen LogP contribution in [-0.2, 0) is 57.6 Å². The maximum atomic E-state index is 14.3. The summed E-state index contributed by atoms with van der Waals surface area (Å²) < 4.78 is 0. The lowest BCUT2D eigenvalue weighted by molar-refractivity contribution is -0.135. The minimum absolute atomic E-state index is 0.0114. The molecule has 2 aromatic heterocycles. The Bertz CT molecular complexity index is 2370. The highest BCUT2D eigenvalue weighted by molar-refractivity contribution is 5.97. The number of hydrogen-bond acceptors (Lipinski definition) is 10. The number of nitrogens with zero attached hydrogens (tertiary/aromatic N) is 2. The van der Waals surface area contributed by atoms with E-state index < -0.39 is 89.6 Å². The number of imidazole rings is 1. The van der Waals surface area contributed by atoms with E-state index in [2.05, 4.69) is 57.2 Å². The number of nitrogens with two attached hydrogens (primary N) is 3. The molecule has 0 fully saturated rings. The molecule has 0 saturated heterocycles. The Morgan fingerprint density at radius 3 is 1.75 bits per heavy atom. The Balaban J connectivity index is 1.53. The second kappa shape index (κ2) is 26.4. The van der Waals surface area contributed by atoms with Crippen molar-refractivity contribution in [1.82, 2.24) is 52.2 Å². The summed E-state index contributed by atoms with van der Waals surface area (Å²) in [5.74, 6) is -5.73. The predicted octanol–water partition coefficient (Wildman–Crippen LogP) is -0.899. The van der Waals surface area contributed by atoms with Crippen molar-refractivity contribution < 1.29 is 38.4 Å². The van der Waals surface area contributed by atoms with Gasteiger partial charge < -0.3 is 64.4 Å². The first kappa shape index (κ1) is 52.8. The molecule has 0 aliphatic carbocycles. The van der Waals surface area contributed by atoms with Gasteiger partial charge in [0.25, 0.3) is 0 Å². The summed E-state index contributed by atoms with van der Waals surface area (Å²) >= 11 is 0. The van der Waals surface area contributed by atoms with Gasteiger partial charge in [0.15, 0.2) is 5.96 Å². The van der Waals surface area contributed by atoms with Crippen molar-refractivity contribution in [3.8, 4) is 0 Å². The summed E-state index contributed by atoms with van der Waals surface area (Å²) in [6, 6.07) is 7.90. The maximum Gasteiger partial charge on any atom is 0.243 e. The van der Waals surface area contributed by atoms with Gasteiger partial charge in [0.1, 0.15) is 42.3 Å². The summed E-state index contributed by atoms with van der Waals surface area (Å²) in [6.07, 6.45) is 6.46. The number of aliphatic imine (C=N–C) groups is 1. The van der Waals surface area contributed by atoms with Crippen LogP contribution in [0.4, 0.5) is 0 Å². The number of amides is 8. The molecule has 366 valence electrons. The Kier molecular flexibility index (Phi) is 20.5. The van der Waals surface area contributed by atoms with Crippen LogP contribution >= 0.6 is 0 Å². The molecule has 4 rings (SSSR count). The second-order valence-corrected chi connectivity index (χ2v) is 16.5. The van der Waals surface area contributed by atoms with Gasteiger partial charge in [-0.2, -0.15) is 0 Å². The van der Waals surface area contributed by atoms with Crippen LogP contribution in [0, 0.1) is 0 Å². The highest BCUT2D eigenvalue weighted by atomic mass is 16.2. The lowest BCUT2D eigenvalue weighted by atomic mass is 10.0. The van der Waals surface area contributed by atoms with Crippen molar-refractivity contribution in [3.63, 3.8) is 0 Å². The van der Waals surface area contributed by atoms with Gasteiger partial charge in [-0.15, -0.1) is 0 Å². The van der Waals surface area contributed by atoms with Crippen molar-refractivity contribution in [2.75, 3.05) is 6.54 Å². The molecular formula is C46H64N14O8. The number of aromatic nitrogens is 3. The Morgan fingerprint density at radius 1 is 0.618 bits per heavy atom. The third kappa shape index (κ3) is 16.9. The first-order chi connectivity index (χ1) is 32.4. The average Bonchev–Trinajstić information content (AvgIpc) is 3.98. The molecule has 0 spiro atoms. The quantitative estimate of drug-likeness (QED) is 0.0198. The SMILES string of the molecule is CCCC[C@H](NC(C)=O)C(=O)N[C@@H](C)C(=O)N[C@@H](Cc1cnc[nH]1)C(=O)N[C@H](Cc1ccccc1)C(=O)N[C@@H](CCCN=C(N)N)C(=O)N[C@@H](C)C(=O)N[C@@H](Cc1c[nH]c2ccccc12)C(N)=O. The number of aromatic amines is 2. The van der Waals surface area contributed by atoms with Gasteiger partial charge in [0.05, 0.1) is 6.33 Å². The predicted molar refractivity (Wildman–Crippen MR) is 254 cm³/mol. The van der Waals surface area contributed by atoms with Gasteiger partial charge in [-0.1, -0.05) is 68.3 Å². The van der Waals surface area contributed by atoms with E-state index in [1.165, 1.54) is 33.3 Å². The number of unbranched alkanes of at least 4 members (excludes halogenated alkanes) is 1. The molecule has 15 N–H and O–H groups in total. The number of carbonyl (C=O) groups is 8. The number of hydrogen-bond donors (Lipinski definition) is 12. The molecule has 0 aliphatic heterocycles. The standard InChI is InChI=1S/C46H64N14O8/c1-5-6-16-34(56-28(4)61)42(65)54-27(3)41(64)59-38(22-31-24-50-25-53-31)45(68)60-37(20-29-13-8-7-9-14-29)44(67)57-35(18-12-19-51-46(48)49)43(66)55-26(2)40(63)58-36(39(47)62)21-30-23-52-33-17-11-10-15-32(30)33/h7-11,13-15,17,23-27,34-38,52H,5-6,12,16,18-22H2,1-4H3,(H2,47,62)(H,50,53)(H,54,65)(H,55,66)(H,56,61)(H,57,67)(H,58,63)(H,59,64)(H,60,68)(H4,48,49,51)/t26-,27-,34-,35-,36-,37+,38-/m0/s1. The number of para-hydroxylation sites is 1. The van der Waals surface area contributed by atoms with Crippen LogP contribution in [0.2, 0.25) is 0 Å². The molecule has 0 unspecified atom stereocenters. The van der Waals surface area contributed by atoms with Gasteiger partial charge in [0, 0.05) is 61.7 Å². The van der Waals surface area contributed by atoms with Crippen LogP contribution in [0.25, 0.3) is 10.9 Å². The molecular weight excluding hydrogens is 877 g/mol. The summed E-state index contributed by atoms with van der Waals surface area (Å²) in [4.78, 5) is 121. The Labute approximate surface area is 394 Å².